The van der Waals surface area contributed by atoms with Gasteiger partial charge in [-0.05, 0) is 36.1 Å². The van der Waals surface area contributed by atoms with Gasteiger partial charge in [-0.2, -0.15) is 12.1 Å². The zero-order valence-corrected chi connectivity index (χ0v) is 30.8. The summed E-state index contributed by atoms with van der Waals surface area (Å²) >= 11 is 10.9. The van der Waals surface area contributed by atoms with E-state index in [4.69, 9.17) is 40.2 Å². The second kappa shape index (κ2) is 15.9. The average molecular weight is 728 g/mol. The molecule has 0 bridgehead atoms. The summed E-state index contributed by atoms with van der Waals surface area (Å²) in [5, 5.41) is 6.80. The molecule has 216 valence electrons. The molecule has 0 nitrogen and oxygen atoms in total. The third kappa shape index (κ3) is 8.29. The average Bonchev–Trinajstić information content (AvgIpc) is 3.62. The second-order valence-corrected chi connectivity index (χ2v) is 34.1. The van der Waals surface area contributed by atoms with Gasteiger partial charge in [-0.15, -0.1) is 69.1 Å². The number of rotatable bonds is 4. The van der Waals surface area contributed by atoms with Crippen LogP contribution >= 0.6 is 40.2 Å². The zero-order chi connectivity index (χ0) is 30.2. The van der Waals surface area contributed by atoms with E-state index in [1.54, 1.807) is 0 Å². The van der Waals surface area contributed by atoms with Crippen LogP contribution in [0.5, 0.6) is 0 Å². The number of halogens is 4. The molecule has 0 N–H and O–H groups in total. The maximum atomic E-state index is 6.30. The standard InChI is InChI=1S/2C17H14Cl.C2H6Si.2ClH.Zr/c2*1-2-12-10-13-6-5-8-14(16(13)11-12)15-7-3-4-9-17(15)18;1-3-2;;;/h2*3-11H,2H2,1H3;1-2H3;2*1H;/q2*-1;;;;+2/p-2. The van der Waals surface area contributed by atoms with Crippen LogP contribution in [-0.2, 0) is 30.8 Å². The number of hydrogen-bond acceptors (Lipinski definition) is 0. The van der Waals surface area contributed by atoms with E-state index in [2.05, 4.69) is 99.7 Å². The Hall–Kier alpha value is -1.64. The van der Waals surface area contributed by atoms with Gasteiger partial charge in [0.15, 0.2) is 0 Å². The summed E-state index contributed by atoms with van der Waals surface area (Å²) in [6.45, 7) is 8.70. The molecule has 6 aromatic carbocycles. The molecule has 0 saturated carbocycles. The van der Waals surface area contributed by atoms with Crippen molar-refractivity contribution in [3.8, 4) is 22.3 Å². The van der Waals surface area contributed by atoms with Gasteiger partial charge in [0.25, 0.3) is 0 Å². The molecule has 0 aliphatic heterocycles. The van der Waals surface area contributed by atoms with Crippen LogP contribution in [0.3, 0.4) is 0 Å². The van der Waals surface area contributed by atoms with Crippen molar-refractivity contribution in [3.05, 3.63) is 130 Å². The van der Waals surface area contributed by atoms with Crippen molar-refractivity contribution >= 4 is 67.2 Å². The molecule has 6 rings (SSSR count). The number of hydrogen-bond donors (Lipinski definition) is 0. The summed E-state index contributed by atoms with van der Waals surface area (Å²) in [4.78, 5) is 0. The van der Waals surface area contributed by atoms with Crippen molar-refractivity contribution in [2.24, 2.45) is 0 Å². The fourth-order valence-electron chi connectivity index (χ4n) is 4.83. The van der Waals surface area contributed by atoms with E-state index in [1.165, 1.54) is 43.8 Å². The quantitative estimate of drug-likeness (QED) is 0.125. The van der Waals surface area contributed by atoms with Crippen molar-refractivity contribution in [3.63, 3.8) is 0 Å². The Balaban J connectivity index is 0.000000162. The van der Waals surface area contributed by atoms with Gasteiger partial charge in [0.05, 0.1) is 0 Å². The molecular weight excluding hydrogens is 694 g/mol. The summed E-state index contributed by atoms with van der Waals surface area (Å²) in [6, 6.07) is 37.9. The van der Waals surface area contributed by atoms with Crippen molar-refractivity contribution in [2.45, 2.75) is 39.8 Å². The topological polar surface area (TPSA) is 0 Å². The third-order valence-electron chi connectivity index (χ3n) is 7.14. The fourth-order valence-corrected chi connectivity index (χ4v) is 5.31. The van der Waals surface area contributed by atoms with Gasteiger partial charge in [-0.3, -0.25) is 0 Å². The number of benzene rings is 4. The summed E-state index contributed by atoms with van der Waals surface area (Å²) in [6.07, 6.45) is 2.13. The maximum absolute atomic E-state index is 6.30. The van der Waals surface area contributed by atoms with Gasteiger partial charge in [-0.1, -0.05) is 96.7 Å². The van der Waals surface area contributed by atoms with Gasteiger partial charge in [0.1, 0.15) is 0 Å². The molecule has 0 aliphatic rings. The second-order valence-electron chi connectivity index (χ2n) is 10.3. The molecule has 0 saturated heterocycles. The molecule has 0 amide bonds. The van der Waals surface area contributed by atoms with Crippen LogP contribution in [0.1, 0.15) is 25.0 Å². The summed E-state index contributed by atoms with van der Waals surface area (Å²) < 4.78 is 0. The minimum atomic E-state index is -1.65. The van der Waals surface area contributed by atoms with Gasteiger partial charge < -0.3 is 0 Å². The Morgan fingerprint density at radius 3 is 1.26 bits per heavy atom. The molecule has 0 aliphatic carbocycles. The van der Waals surface area contributed by atoms with Gasteiger partial charge in [0, 0.05) is 10.0 Å². The van der Waals surface area contributed by atoms with Crippen LogP contribution in [0.2, 0.25) is 23.1 Å². The van der Waals surface area contributed by atoms with Crippen LogP contribution in [0.25, 0.3) is 43.8 Å². The predicted molar refractivity (Wildman–Crippen MR) is 188 cm³/mol. The molecule has 6 heteroatoms. The monoisotopic (exact) mass is 724 g/mol. The minimum absolute atomic E-state index is 0.224. The van der Waals surface area contributed by atoms with Gasteiger partial charge in [0.2, 0.25) is 0 Å². The van der Waals surface area contributed by atoms with Crippen LogP contribution in [-0.4, -0.2) is 5.43 Å². The first-order chi connectivity index (χ1) is 20.2. The first-order valence-electron chi connectivity index (χ1n) is 14.1. The number of aryl methyl sites for hydroxylation is 2. The summed E-state index contributed by atoms with van der Waals surface area (Å²) in [5.74, 6) is 0. The Labute approximate surface area is 275 Å². The molecule has 0 aromatic heterocycles. The molecule has 0 atom stereocenters. The van der Waals surface area contributed by atoms with Crippen LogP contribution < -0.4 is 0 Å². The van der Waals surface area contributed by atoms with E-state index in [1.807, 2.05) is 36.4 Å². The fraction of sp³-hybridized carbons (Fsp3) is 0.167. The Bertz CT molecular complexity index is 1690. The van der Waals surface area contributed by atoms with E-state index in [-0.39, 0.29) is 5.43 Å². The van der Waals surface area contributed by atoms with E-state index >= 15 is 0 Å². The molecular formula is C36H34Cl4SiZr-2. The zero-order valence-electron chi connectivity index (χ0n) is 24.3. The molecule has 0 fully saturated rings. The normalized spacial score (nSPS) is 10.6. The van der Waals surface area contributed by atoms with E-state index in [9.17, 15) is 0 Å². The third-order valence-corrected chi connectivity index (χ3v) is 27.5. The van der Waals surface area contributed by atoms with Crippen molar-refractivity contribution < 1.29 is 18.0 Å². The molecule has 0 spiro atoms. The van der Waals surface area contributed by atoms with Crippen molar-refractivity contribution in [2.75, 3.05) is 0 Å². The Morgan fingerprint density at radius 1 is 0.571 bits per heavy atom. The Morgan fingerprint density at radius 2 is 0.929 bits per heavy atom. The summed E-state index contributed by atoms with van der Waals surface area (Å²) in [5.41, 5.74) is 7.19. The number of fused-ring (bicyclic) bond motifs is 2. The molecule has 42 heavy (non-hydrogen) atoms. The van der Waals surface area contributed by atoms with E-state index < -0.39 is 18.0 Å². The molecule has 0 heterocycles. The molecule has 6 aromatic rings. The molecule has 0 unspecified atom stereocenters. The van der Waals surface area contributed by atoms with Crippen molar-refractivity contribution in [1.82, 2.24) is 0 Å². The van der Waals surface area contributed by atoms with Crippen LogP contribution in [0, 0.1) is 0 Å². The summed E-state index contributed by atoms with van der Waals surface area (Å²) in [7, 11) is 11.2. The predicted octanol–water partition coefficient (Wildman–Crippen LogP) is 13.0. The first-order valence-corrected chi connectivity index (χ1v) is 27.4. The molecule has 0 radical (unpaired) electrons. The Kier molecular flexibility index (Phi) is 12.6. The SMILES string of the molecule is CCc1cc2c(-c3ccccc3Cl)cccc2[cH-]1.CCc1cc2c(-c3ccccc3Cl)cccc2[cH-]1.C[Si](C)=[Zr]([Cl])[Cl]. The van der Waals surface area contributed by atoms with Gasteiger partial charge in [-0.25, -0.2) is 0 Å². The van der Waals surface area contributed by atoms with Crippen molar-refractivity contribution in [1.29, 1.82) is 0 Å². The van der Waals surface area contributed by atoms with E-state index in [0.717, 1.165) is 34.0 Å². The van der Waals surface area contributed by atoms with Crippen LogP contribution in [0.15, 0.2) is 109 Å². The van der Waals surface area contributed by atoms with Crippen LogP contribution in [0.4, 0.5) is 0 Å². The van der Waals surface area contributed by atoms with E-state index in [0.29, 0.717) is 0 Å². The van der Waals surface area contributed by atoms with Gasteiger partial charge >= 0.3 is 53.5 Å². The first kappa shape index (κ1) is 33.3.